The second kappa shape index (κ2) is 6.63. The van der Waals surface area contributed by atoms with Gasteiger partial charge in [-0.2, -0.15) is 0 Å². The third-order valence-corrected chi connectivity index (χ3v) is 4.81. The second-order valence-electron chi connectivity index (χ2n) is 6.38. The molecule has 0 radical (unpaired) electrons. The predicted octanol–water partition coefficient (Wildman–Crippen LogP) is 4.46. The zero-order valence-corrected chi connectivity index (χ0v) is 14.3. The van der Waals surface area contributed by atoms with Gasteiger partial charge in [0.1, 0.15) is 5.58 Å². The highest BCUT2D eigenvalue weighted by atomic mass is 16.5. The monoisotopic (exact) mass is 335 g/mol. The van der Waals surface area contributed by atoms with Crippen LogP contribution in [-0.4, -0.2) is 20.2 Å². The number of fused-ring (bicyclic) bond motifs is 1. The van der Waals surface area contributed by atoms with Crippen molar-refractivity contribution in [2.75, 3.05) is 25.1 Å². The lowest BCUT2D eigenvalue weighted by atomic mass is 10.1. The molecule has 1 aliphatic heterocycles. The largest absolute Gasteiger partial charge is 0.490 e. The lowest BCUT2D eigenvalue weighted by molar-refractivity contribution is 0.399. The molecule has 0 N–H and O–H groups in total. The normalized spacial score (nSPS) is 14.7. The summed E-state index contributed by atoms with van der Waals surface area (Å²) in [6, 6.07) is 15.4. The van der Waals surface area contributed by atoms with Crippen molar-refractivity contribution in [1.82, 2.24) is 0 Å². The van der Waals surface area contributed by atoms with Crippen LogP contribution in [0.4, 0.5) is 5.69 Å². The fraction of sp³-hybridized carbons (Fsp3) is 0.286. The van der Waals surface area contributed by atoms with E-state index in [-0.39, 0.29) is 11.2 Å². The fourth-order valence-corrected chi connectivity index (χ4v) is 3.48. The van der Waals surface area contributed by atoms with Crippen LogP contribution in [0.2, 0.25) is 0 Å². The van der Waals surface area contributed by atoms with Crippen LogP contribution in [0.1, 0.15) is 19.3 Å². The van der Waals surface area contributed by atoms with Gasteiger partial charge in [-0.3, -0.25) is 4.79 Å². The minimum absolute atomic E-state index is 0.139. The Balaban J connectivity index is 1.77. The average Bonchev–Trinajstić information content (AvgIpc) is 2.69. The molecule has 1 aliphatic rings. The minimum atomic E-state index is -0.139. The summed E-state index contributed by atoms with van der Waals surface area (Å²) >= 11 is 0. The summed E-state index contributed by atoms with van der Waals surface area (Å²) in [4.78, 5) is 15.1. The molecule has 0 atom stereocenters. The first-order valence-electron chi connectivity index (χ1n) is 8.73. The molecule has 1 fully saturated rings. The molecular weight excluding hydrogens is 314 g/mol. The molecule has 0 saturated carbocycles. The number of piperidine rings is 1. The Morgan fingerprint density at radius 3 is 2.40 bits per heavy atom. The van der Waals surface area contributed by atoms with E-state index in [1.165, 1.54) is 32.1 Å². The van der Waals surface area contributed by atoms with Crippen molar-refractivity contribution in [2.45, 2.75) is 19.3 Å². The third kappa shape index (κ3) is 2.88. The highest BCUT2D eigenvalue weighted by molar-refractivity contribution is 5.82. The molecule has 3 aromatic rings. The maximum absolute atomic E-state index is 12.7. The van der Waals surface area contributed by atoms with Gasteiger partial charge in [-0.1, -0.05) is 12.1 Å². The van der Waals surface area contributed by atoms with Gasteiger partial charge in [-0.15, -0.1) is 0 Å². The Morgan fingerprint density at radius 2 is 1.68 bits per heavy atom. The maximum atomic E-state index is 12.7. The molecule has 4 nitrogen and oxygen atoms in total. The maximum Gasteiger partial charge on any atom is 0.235 e. The molecule has 0 spiro atoms. The van der Waals surface area contributed by atoms with Crippen LogP contribution in [0.25, 0.3) is 22.3 Å². The molecular formula is C21H21NO3. The number of anilines is 1. The van der Waals surface area contributed by atoms with Crippen LogP contribution in [0.3, 0.4) is 0 Å². The SMILES string of the molecule is COc1c(-c2ccc(N3CCCCC3)cc2)oc2ccccc2c1=O. The number of hydrogen-bond acceptors (Lipinski definition) is 4. The molecule has 0 unspecified atom stereocenters. The van der Waals surface area contributed by atoms with Crippen LogP contribution in [0.5, 0.6) is 5.75 Å². The van der Waals surface area contributed by atoms with E-state index in [2.05, 4.69) is 17.0 Å². The molecule has 1 aromatic heterocycles. The summed E-state index contributed by atoms with van der Waals surface area (Å²) in [6.45, 7) is 2.21. The van der Waals surface area contributed by atoms with Gasteiger partial charge in [0.05, 0.1) is 12.5 Å². The van der Waals surface area contributed by atoms with Crippen LogP contribution in [0.15, 0.2) is 57.7 Å². The standard InChI is InChI=1S/C21H21NO3/c1-24-21-19(23)17-7-3-4-8-18(17)25-20(21)15-9-11-16(12-10-15)22-13-5-2-6-14-22/h3-4,7-12H,2,5-6,13-14H2,1H3. The smallest absolute Gasteiger partial charge is 0.235 e. The fourth-order valence-electron chi connectivity index (χ4n) is 3.48. The first-order chi connectivity index (χ1) is 12.3. The van der Waals surface area contributed by atoms with Crippen molar-refractivity contribution in [2.24, 2.45) is 0 Å². The number of methoxy groups -OCH3 is 1. The number of para-hydroxylation sites is 1. The first kappa shape index (κ1) is 15.8. The van der Waals surface area contributed by atoms with Crippen LogP contribution < -0.4 is 15.1 Å². The molecule has 0 aliphatic carbocycles. The predicted molar refractivity (Wildman–Crippen MR) is 101 cm³/mol. The number of hydrogen-bond donors (Lipinski definition) is 0. The van der Waals surface area contributed by atoms with Crippen LogP contribution in [0, 0.1) is 0 Å². The Kier molecular flexibility index (Phi) is 4.18. The van der Waals surface area contributed by atoms with E-state index < -0.39 is 0 Å². The average molecular weight is 335 g/mol. The van der Waals surface area contributed by atoms with Crippen LogP contribution >= 0.6 is 0 Å². The van der Waals surface area contributed by atoms with Crippen molar-refractivity contribution >= 4 is 16.7 Å². The number of ether oxygens (including phenoxy) is 1. The van der Waals surface area contributed by atoms with Gasteiger partial charge in [0.2, 0.25) is 11.2 Å². The zero-order chi connectivity index (χ0) is 17.2. The minimum Gasteiger partial charge on any atom is -0.490 e. The summed E-state index contributed by atoms with van der Waals surface area (Å²) < 4.78 is 11.4. The van der Waals surface area contributed by atoms with Gasteiger partial charge in [0, 0.05) is 24.3 Å². The lowest BCUT2D eigenvalue weighted by Gasteiger charge is -2.28. The molecule has 4 heteroatoms. The lowest BCUT2D eigenvalue weighted by Crippen LogP contribution is -2.29. The molecule has 128 valence electrons. The highest BCUT2D eigenvalue weighted by Crippen LogP contribution is 2.32. The van der Waals surface area contributed by atoms with Crippen molar-refractivity contribution in [1.29, 1.82) is 0 Å². The zero-order valence-electron chi connectivity index (χ0n) is 14.3. The van der Waals surface area contributed by atoms with Gasteiger partial charge in [-0.25, -0.2) is 0 Å². The summed E-state index contributed by atoms with van der Waals surface area (Å²) in [7, 11) is 1.51. The van der Waals surface area contributed by atoms with Crippen molar-refractivity contribution in [3.05, 3.63) is 58.8 Å². The number of nitrogens with zero attached hydrogens (tertiary/aromatic N) is 1. The molecule has 4 rings (SSSR count). The van der Waals surface area contributed by atoms with Crippen LogP contribution in [-0.2, 0) is 0 Å². The third-order valence-electron chi connectivity index (χ3n) is 4.81. The Bertz CT molecular complexity index is 938. The van der Waals surface area contributed by atoms with E-state index >= 15 is 0 Å². The quantitative estimate of drug-likeness (QED) is 0.709. The Hall–Kier alpha value is -2.75. The van der Waals surface area contributed by atoms with E-state index in [0.29, 0.717) is 16.7 Å². The molecule has 0 amide bonds. The number of rotatable bonds is 3. The summed E-state index contributed by atoms with van der Waals surface area (Å²) in [5, 5.41) is 0.535. The topological polar surface area (TPSA) is 42.7 Å². The van der Waals surface area contributed by atoms with Gasteiger partial charge in [0.15, 0.2) is 5.76 Å². The summed E-state index contributed by atoms with van der Waals surface area (Å²) in [6.07, 6.45) is 3.80. The van der Waals surface area contributed by atoms with E-state index in [0.717, 1.165) is 18.7 Å². The highest BCUT2D eigenvalue weighted by Gasteiger charge is 2.17. The molecule has 2 heterocycles. The molecule has 2 aromatic carbocycles. The molecule has 1 saturated heterocycles. The second-order valence-corrected chi connectivity index (χ2v) is 6.38. The molecule has 0 bridgehead atoms. The van der Waals surface area contributed by atoms with Crippen molar-refractivity contribution in [3.63, 3.8) is 0 Å². The van der Waals surface area contributed by atoms with E-state index in [1.807, 2.05) is 30.3 Å². The Morgan fingerprint density at radius 1 is 0.960 bits per heavy atom. The Labute approximate surface area is 146 Å². The van der Waals surface area contributed by atoms with E-state index in [4.69, 9.17) is 9.15 Å². The first-order valence-corrected chi connectivity index (χ1v) is 8.73. The van der Waals surface area contributed by atoms with E-state index in [1.54, 1.807) is 6.07 Å². The van der Waals surface area contributed by atoms with Gasteiger partial charge in [-0.05, 0) is 55.7 Å². The molecule has 25 heavy (non-hydrogen) atoms. The van der Waals surface area contributed by atoms with Gasteiger partial charge >= 0.3 is 0 Å². The number of benzene rings is 2. The van der Waals surface area contributed by atoms with E-state index in [9.17, 15) is 4.79 Å². The van der Waals surface area contributed by atoms with Crippen molar-refractivity contribution in [3.8, 4) is 17.1 Å². The van der Waals surface area contributed by atoms with Crippen molar-refractivity contribution < 1.29 is 9.15 Å². The van der Waals surface area contributed by atoms with Gasteiger partial charge in [0.25, 0.3) is 0 Å². The summed E-state index contributed by atoms with van der Waals surface area (Å²) in [5.41, 5.74) is 2.49. The summed E-state index contributed by atoms with van der Waals surface area (Å²) in [5.74, 6) is 0.737. The van der Waals surface area contributed by atoms with Gasteiger partial charge < -0.3 is 14.1 Å².